The molecule has 0 heterocycles. The lowest BCUT2D eigenvalue weighted by atomic mass is 10.1. The number of hydrogen-bond donors (Lipinski definition) is 1. The van der Waals surface area contributed by atoms with Crippen LogP contribution in [0.4, 0.5) is 0 Å². The van der Waals surface area contributed by atoms with E-state index in [1.54, 1.807) is 6.08 Å². The van der Waals surface area contributed by atoms with Crippen LogP contribution in [-0.4, -0.2) is 5.71 Å². The number of allylic oxidation sites excluding steroid dienone is 2. The zero-order chi connectivity index (χ0) is 13.2. The summed E-state index contributed by atoms with van der Waals surface area (Å²) < 4.78 is 0. The van der Waals surface area contributed by atoms with Gasteiger partial charge < -0.3 is 5.41 Å². The summed E-state index contributed by atoms with van der Waals surface area (Å²) in [7, 11) is 0. The average Bonchev–Trinajstić information content (AvgIpc) is 2.42. The predicted octanol–water partition coefficient (Wildman–Crippen LogP) is 4.63. The van der Waals surface area contributed by atoms with Crippen LogP contribution in [0.5, 0.6) is 0 Å². The van der Waals surface area contributed by atoms with Gasteiger partial charge in [-0.25, -0.2) is 0 Å². The lowest BCUT2D eigenvalue weighted by molar-refractivity contribution is 1.48. The van der Waals surface area contributed by atoms with Crippen LogP contribution in [0.2, 0.25) is 0 Å². The molecule has 0 bridgehead atoms. The Balaban J connectivity index is 0.000000199. The molecular weight excluding hydrogens is 218 g/mol. The molecule has 0 fully saturated rings. The van der Waals surface area contributed by atoms with Crippen LogP contribution in [0, 0.1) is 12.3 Å². The summed E-state index contributed by atoms with van der Waals surface area (Å²) in [4.78, 5) is 0. The molecule has 0 radical (unpaired) electrons. The third-order valence-corrected chi connectivity index (χ3v) is 2.36. The van der Waals surface area contributed by atoms with Crippen molar-refractivity contribution in [2.45, 2.75) is 13.8 Å². The van der Waals surface area contributed by atoms with Gasteiger partial charge in [-0.2, -0.15) is 0 Å². The average molecular weight is 237 g/mol. The number of benzene rings is 2. The molecule has 0 aromatic heterocycles. The van der Waals surface area contributed by atoms with Crippen molar-refractivity contribution in [2.75, 3.05) is 0 Å². The Morgan fingerprint density at radius 2 is 1.39 bits per heavy atom. The predicted molar refractivity (Wildman–Crippen MR) is 79.3 cm³/mol. The fourth-order valence-electron chi connectivity index (χ4n) is 1.41. The first-order valence-corrected chi connectivity index (χ1v) is 6.02. The maximum Gasteiger partial charge on any atom is 0.0608 e. The number of rotatable bonds is 2. The summed E-state index contributed by atoms with van der Waals surface area (Å²) in [5.41, 5.74) is 2.85. The van der Waals surface area contributed by atoms with Crippen molar-refractivity contribution >= 4 is 5.71 Å². The second-order valence-electron chi connectivity index (χ2n) is 3.93. The summed E-state index contributed by atoms with van der Waals surface area (Å²) in [5.74, 6) is 0. The van der Waals surface area contributed by atoms with Crippen LogP contribution in [-0.2, 0) is 0 Å². The van der Waals surface area contributed by atoms with Gasteiger partial charge in [0.2, 0.25) is 0 Å². The molecule has 1 nitrogen and oxygen atoms in total. The molecular formula is C17H19N. The van der Waals surface area contributed by atoms with Crippen molar-refractivity contribution in [3.8, 4) is 0 Å². The summed E-state index contributed by atoms with van der Waals surface area (Å²) in [6, 6.07) is 20.0. The normalized spacial score (nSPS) is 9.67. The van der Waals surface area contributed by atoms with Gasteiger partial charge in [-0.05, 0) is 25.5 Å². The van der Waals surface area contributed by atoms with E-state index in [-0.39, 0.29) is 0 Å². The molecule has 2 aromatic carbocycles. The van der Waals surface area contributed by atoms with Gasteiger partial charge in [-0.1, -0.05) is 72.3 Å². The first kappa shape index (κ1) is 13.9. The van der Waals surface area contributed by atoms with Crippen LogP contribution >= 0.6 is 0 Å². The molecule has 0 saturated carbocycles. The maximum atomic E-state index is 7.54. The standard InChI is InChI=1S/C10H11N.C7H8/c1-2-6-10(11)9-7-4-3-5-8-9;1-7-5-3-2-4-6-7/h2-8,11H,1H3;2-6H,1H3/b6-2-,11-10?;. The first-order chi connectivity index (χ1) is 8.74. The van der Waals surface area contributed by atoms with E-state index in [0.29, 0.717) is 5.71 Å². The lowest BCUT2D eigenvalue weighted by Gasteiger charge is -1.95. The highest BCUT2D eigenvalue weighted by Crippen LogP contribution is 1.99. The van der Waals surface area contributed by atoms with E-state index in [1.807, 2.05) is 61.5 Å². The Kier molecular flexibility index (Phi) is 6.20. The van der Waals surface area contributed by atoms with Crippen molar-refractivity contribution < 1.29 is 0 Å². The molecule has 0 unspecified atom stereocenters. The Labute approximate surface area is 109 Å². The topological polar surface area (TPSA) is 23.9 Å². The van der Waals surface area contributed by atoms with Gasteiger partial charge in [0.1, 0.15) is 0 Å². The van der Waals surface area contributed by atoms with Crippen LogP contribution in [0.25, 0.3) is 0 Å². The highest BCUT2D eigenvalue weighted by molar-refractivity contribution is 6.06. The van der Waals surface area contributed by atoms with E-state index in [4.69, 9.17) is 5.41 Å². The first-order valence-electron chi connectivity index (χ1n) is 6.02. The van der Waals surface area contributed by atoms with E-state index in [1.165, 1.54) is 5.56 Å². The molecule has 18 heavy (non-hydrogen) atoms. The third-order valence-electron chi connectivity index (χ3n) is 2.36. The monoisotopic (exact) mass is 237 g/mol. The maximum absolute atomic E-state index is 7.54. The smallest absolute Gasteiger partial charge is 0.0608 e. The number of nitrogens with one attached hydrogen (secondary N) is 1. The Bertz CT molecular complexity index is 484. The van der Waals surface area contributed by atoms with Gasteiger partial charge >= 0.3 is 0 Å². The Hall–Kier alpha value is -2.15. The van der Waals surface area contributed by atoms with E-state index < -0.39 is 0 Å². The van der Waals surface area contributed by atoms with Crippen LogP contribution < -0.4 is 0 Å². The molecule has 92 valence electrons. The van der Waals surface area contributed by atoms with Crippen molar-refractivity contribution in [3.63, 3.8) is 0 Å². The fourth-order valence-corrected chi connectivity index (χ4v) is 1.41. The number of hydrogen-bond acceptors (Lipinski definition) is 1. The van der Waals surface area contributed by atoms with E-state index in [9.17, 15) is 0 Å². The SMILES string of the molecule is C/C=C\C(=N)c1ccccc1.Cc1ccccc1. The zero-order valence-corrected chi connectivity index (χ0v) is 10.9. The van der Waals surface area contributed by atoms with Crippen molar-refractivity contribution in [2.24, 2.45) is 0 Å². The molecule has 2 aromatic rings. The second-order valence-corrected chi connectivity index (χ2v) is 3.93. The van der Waals surface area contributed by atoms with Crippen LogP contribution in [0.15, 0.2) is 72.8 Å². The second kappa shape index (κ2) is 8.02. The number of aryl methyl sites for hydroxylation is 1. The Morgan fingerprint density at radius 3 is 1.78 bits per heavy atom. The van der Waals surface area contributed by atoms with Crippen molar-refractivity contribution in [1.82, 2.24) is 0 Å². The van der Waals surface area contributed by atoms with Gasteiger partial charge in [0.05, 0.1) is 5.71 Å². The summed E-state index contributed by atoms with van der Waals surface area (Å²) in [6.07, 6.45) is 3.66. The molecule has 0 amide bonds. The molecule has 0 spiro atoms. The molecule has 2 rings (SSSR count). The lowest BCUT2D eigenvalue weighted by Crippen LogP contribution is -1.91. The van der Waals surface area contributed by atoms with Gasteiger partial charge in [0, 0.05) is 0 Å². The van der Waals surface area contributed by atoms with Crippen molar-refractivity contribution in [1.29, 1.82) is 5.41 Å². The van der Waals surface area contributed by atoms with Gasteiger partial charge in [0.15, 0.2) is 0 Å². The van der Waals surface area contributed by atoms with Crippen molar-refractivity contribution in [3.05, 3.63) is 83.9 Å². The summed E-state index contributed by atoms with van der Waals surface area (Å²) in [5, 5.41) is 7.54. The zero-order valence-electron chi connectivity index (χ0n) is 10.9. The third kappa shape index (κ3) is 5.26. The fraction of sp³-hybridized carbons (Fsp3) is 0.118. The van der Waals surface area contributed by atoms with E-state index in [0.717, 1.165) is 5.56 Å². The summed E-state index contributed by atoms with van der Waals surface area (Å²) >= 11 is 0. The van der Waals surface area contributed by atoms with Gasteiger partial charge in [-0.3, -0.25) is 0 Å². The van der Waals surface area contributed by atoms with Gasteiger partial charge in [0.25, 0.3) is 0 Å². The minimum atomic E-state index is 0.563. The molecule has 0 aliphatic heterocycles. The minimum absolute atomic E-state index is 0.563. The van der Waals surface area contributed by atoms with Crippen LogP contribution in [0.1, 0.15) is 18.1 Å². The van der Waals surface area contributed by atoms with Gasteiger partial charge in [-0.15, -0.1) is 0 Å². The minimum Gasteiger partial charge on any atom is -0.300 e. The van der Waals surface area contributed by atoms with E-state index in [2.05, 4.69) is 19.1 Å². The molecule has 0 aliphatic carbocycles. The molecule has 0 saturated heterocycles. The molecule has 0 atom stereocenters. The largest absolute Gasteiger partial charge is 0.300 e. The quantitative estimate of drug-likeness (QED) is 0.737. The van der Waals surface area contributed by atoms with Crippen LogP contribution in [0.3, 0.4) is 0 Å². The molecule has 1 heteroatoms. The Morgan fingerprint density at radius 1 is 0.889 bits per heavy atom. The highest BCUT2D eigenvalue weighted by Gasteiger charge is 1.92. The van der Waals surface area contributed by atoms with E-state index >= 15 is 0 Å². The molecule has 1 N–H and O–H groups in total. The summed E-state index contributed by atoms with van der Waals surface area (Å²) in [6.45, 7) is 4.00. The molecule has 0 aliphatic rings. The highest BCUT2D eigenvalue weighted by atomic mass is 14.4.